The van der Waals surface area contributed by atoms with Crippen LogP contribution in [0.5, 0.6) is 0 Å². The van der Waals surface area contributed by atoms with Gasteiger partial charge in [-0.05, 0) is 75.4 Å². The van der Waals surface area contributed by atoms with Crippen LogP contribution in [0.1, 0.15) is 39.0 Å². The molecular formula is C33H40OP+. The summed E-state index contributed by atoms with van der Waals surface area (Å²) in [5.74, 6) is 0. The van der Waals surface area contributed by atoms with Crippen molar-refractivity contribution in [1.29, 1.82) is 0 Å². The molecule has 0 spiro atoms. The lowest BCUT2D eigenvalue weighted by atomic mass is 10.1. The van der Waals surface area contributed by atoms with Crippen LogP contribution in [0.2, 0.25) is 0 Å². The number of hydrogen-bond donors (Lipinski definition) is 0. The molecule has 0 aliphatic rings. The Kier molecular flexibility index (Phi) is 11.2. The van der Waals surface area contributed by atoms with E-state index < -0.39 is 7.26 Å². The van der Waals surface area contributed by atoms with E-state index in [2.05, 4.69) is 123 Å². The standard InChI is InChI=1S/C33H40OP/c1-4-18-30(34-3)27-26-29(2)19-10-5-6-17-28-35(31-20-11-7-12-21-31,32-22-13-8-14-23-32)33-24-15-9-16-25-33/h4-5,7-16,19-25,30H,1,6,17-18,26-28H2,2-3H3/q+1/b10-5+,29-19+/t30-/m1/s1. The van der Waals surface area contributed by atoms with Crippen molar-refractivity contribution in [2.45, 2.75) is 45.1 Å². The Morgan fingerprint density at radius 3 is 1.83 bits per heavy atom. The summed E-state index contributed by atoms with van der Waals surface area (Å²) in [6, 6.07) is 33.5. The fourth-order valence-corrected chi connectivity index (χ4v) is 9.02. The van der Waals surface area contributed by atoms with Crippen LogP contribution in [-0.4, -0.2) is 19.4 Å². The lowest BCUT2D eigenvalue weighted by Gasteiger charge is -2.27. The van der Waals surface area contributed by atoms with Crippen LogP contribution in [0.15, 0.2) is 127 Å². The first-order valence-electron chi connectivity index (χ1n) is 12.7. The van der Waals surface area contributed by atoms with E-state index in [1.807, 2.05) is 6.08 Å². The van der Waals surface area contributed by atoms with Gasteiger partial charge in [0.2, 0.25) is 0 Å². The molecule has 0 aromatic heterocycles. The molecule has 0 N–H and O–H groups in total. The molecule has 0 heterocycles. The maximum atomic E-state index is 5.53. The van der Waals surface area contributed by atoms with Gasteiger partial charge in [-0.15, -0.1) is 6.58 Å². The highest BCUT2D eigenvalue weighted by Gasteiger charge is 2.44. The monoisotopic (exact) mass is 483 g/mol. The second-order valence-electron chi connectivity index (χ2n) is 9.04. The quantitative estimate of drug-likeness (QED) is 0.0991. The largest absolute Gasteiger partial charge is 0.381 e. The third-order valence-electron chi connectivity index (χ3n) is 6.60. The van der Waals surface area contributed by atoms with Crippen LogP contribution in [0.25, 0.3) is 0 Å². The van der Waals surface area contributed by atoms with Crippen molar-refractivity contribution >= 4 is 23.2 Å². The summed E-state index contributed by atoms with van der Waals surface area (Å²) in [7, 11) is 0.0636. The van der Waals surface area contributed by atoms with Gasteiger partial charge in [0, 0.05) is 7.11 Å². The third kappa shape index (κ3) is 7.63. The lowest BCUT2D eigenvalue weighted by molar-refractivity contribution is 0.0981. The third-order valence-corrected chi connectivity index (χ3v) is 11.1. The van der Waals surface area contributed by atoms with E-state index in [0.717, 1.165) is 38.3 Å². The van der Waals surface area contributed by atoms with Gasteiger partial charge in [0.1, 0.15) is 23.2 Å². The fraction of sp³-hybridized carbons (Fsp3) is 0.273. The molecule has 1 nitrogen and oxygen atoms in total. The number of ether oxygens (including phenoxy) is 1. The van der Waals surface area contributed by atoms with Gasteiger partial charge in [-0.3, -0.25) is 0 Å². The van der Waals surface area contributed by atoms with Crippen molar-refractivity contribution in [3.63, 3.8) is 0 Å². The normalized spacial score (nSPS) is 13.1. The van der Waals surface area contributed by atoms with E-state index in [-0.39, 0.29) is 6.10 Å². The predicted octanol–water partition coefficient (Wildman–Crippen LogP) is 7.63. The average Bonchev–Trinajstić information content (AvgIpc) is 2.92. The number of hydrogen-bond acceptors (Lipinski definition) is 1. The summed E-state index contributed by atoms with van der Waals surface area (Å²) in [5.41, 5.74) is 1.40. The topological polar surface area (TPSA) is 9.23 Å². The van der Waals surface area contributed by atoms with Crippen molar-refractivity contribution < 1.29 is 4.74 Å². The van der Waals surface area contributed by atoms with Gasteiger partial charge in [0.05, 0.1) is 12.3 Å². The number of allylic oxidation sites excluding steroid dienone is 4. The van der Waals surface area contributed by atoms with E-state index in [0.29, 0.717) is 0 Å². The fourth-order valence-electron chi connectivity index (χ4n) is 4.65. The lowest BCUT2D eigenvalue weighted by Crippen LogP contribution is -2.33. The highest BCUT2D eigenvalue weighted by atomic mass is 31.2. The predicted molar refractivity (Wildman–Crippen MR) is 157 cm³/mol. The van der Waals surface area contributed by atoms with Crippen molar-refractivity contribution in [3.8, 4) is 0 Å². The molecular weight excluding hydrogens is 443 g/mol. The Bertz CT molecular complexity index is 957. The zero-order valence-electron chi connectivity index (χ0n) is 21.4. The Labute approximate surface area is 213 Å². The van der Waals surface area contributed by atoms with Crippen LogP contribution in [0, 0.1) is 0 Å². The van der Waals surface area contributed by atoms with Crippen molar-refractivity contribution in [3.05, 3.63) is 127 Å². The average molecular weight is 484 g/mol. The van der Waals surface area contributed by atoms with E-state index >= 15 is 0 Å². The highest BCUT2D eigenvalue weighted by molar-refractivity contribution is 7.95. The van der Waals surface area contributed by atoms with Crippen LogP contribution >= 0.6 is 7.26 Å². The zero-order chi connectivity index (χ0) is 24.8. The van der Waals surface area contributed by atoms with Gasteiger partial charge >= 0.3 is 0 Å². The molecule has 0 saturated heterocycles. The zero-order valence-corrected chi connectivity index (χ0v) is 22.2. The molecule has 0 saturated carbocycles. The molecule has 3 aromatic rings. The molecule has 35 heavy (non-hydrogen) atoms. The van der Waals surface area contributed by atoms with Gasteiger partial charge in [-0.25, -0.2) is 0 Å². The van der Waals surface area contributed by atoms with Crippen LogP contribution < -0.4 is 15.9 Å². The Hall–Kier alpha value is -2.73. The van der Waals surface area contributed by atoms with Gasteiger partial charge < -0.3 is 4.74 Å². The van der Waals surface area contributed by atoms with Gasteiger partial charge in [0.25, 0.3) is 0 Å². The number of rotatable bonds is 14. The molecule has 3 rings (SSSR count). The molecule has 0 aliphatic carbocycles. The van der Waals surface area contributed by atoms with Crippen molar-refractivity contribution in [2.75, 3.05) is 13.3 Å². The minimum absolute atomic E-state index is 0.269. The molecule has 182 valence electrons. The summed E-state index contributed by atoms with van der Waals surface area (Å²) in [6.07, 6.45) is 15.4. The molecule has 0 unspecified atom stereocenters. The summed E-state index contributed by atoms with van der Waals surface area (Å²) in [6.45, 7) is 6.04. The molecule has 3 aromatic carbocycles. The van der Waals surface area contributed by atoms with E-state index in [9.17, 15) is 0 Å². The van der Waals surface area contributed by atoms with Gasteiger partial charge in [0.15, 0.2) is 0 Å². The Morgan fingerprint density at radius 1 is 0.857 bits per heavy atom. The highest BCUT2D eigenvalue weighted by Crippen LogP contribution is 2.55. The summed E-state index contributed by atoms with van der Waals surface area (Å²) < 4.78 is 5.53. The van der Waals surface area contributed by atoms with E-state index in [4.69, 9.17) is 4.74 Å². The number of benzene rings is 3. The molecule has 0 radical (unpaired) electrons. The molecule has 0 bridgehead atoms. The molecule has 1 atom stereocenters. The first kappa shape index (κ1) is 26.9. The molecule has 2 heteroatoms. The Balaban J connectivity index is 1.73. The maximum Gasteiger partial charge on any atom is 0.112 e. The molecule has 0 amide bonds. The van der Waals surface area contributed by atoms with Gasteiger partial charge in [-0.2, -0.15) is 0 Å². The van der Waals surface area contributed by atoms with Crippen LogP contribution in [0.4, 0.5) is 0 Å². The minimum atomic E-state index is -1.72. The summed E-state index contributed by atoms with van der Waals surface area (Å²) >= 11 is 0. The smallest absolute Gasteiger partial charge is 0.112 e. The van der Waals surface area contributed by atoms with Crippen LogP contribution in [-0.2, 0) is 4.74 Å². The number of unbranched alkanes of at least 4 members (excludes halogenated alkanes) is 1. The van der Waals surface area contributed by atoms with Crippen molar-refractivity contribution in [2.24, 2.45) is 0 Å². The maximum absolute atomic E-state index is 5.53. The van der Waals surface area contributed by atoms with E-state index in [1.54, 1.807) is 7.11 Å². The molecule has 0 fully saturated rings. The second kappa shape index (κ2) is 14.6. The van der Waals surface area contributed by atoms with E-state index in [1.165, 1.54) is 21.5 Å². The van der Waals surface area contributed by atoms with Crippen molar-refractivity contribution in [1.82, 2.24) is 0 Å². The summed E-state index contributed by atoms with van der Waals surface area (Å²) in [5, 5.41) is 4.39. The molecule has 0 aliphatic heterocycles. The summed E-state index contributed by atoms with van der Waals surface area (Å²) in [4.78, 5) is 0. The van der Waals surface area contributed by atoms with Gasteiger partial charge in [-0.1, -0.05) is 84.5 Å². The number of methoxy groups -OCH3 is 1. The first-order valence-corrected chi connectivity index (χ1v) is 14.7. The Morgan fingerprint density at radius 2 is 1.37 bits per heavy atom. The minimum Gasteiger partial charge on any atom is -0.381 e. The second-order valence-corrected chi connectivity index (χ2v) is 12.7. The van der Waals surface area contributed by atoms with Crippen LogP contribution in [0.3, 0.4) is 0 Å². The SMILES string of the molecule is C=CC[C@H](CC/C(C)=C/C=C/CCC[P+](c1ccccc1)(c1ccccc1)c1ccccc1)OC. The first-order chi connectivity index (χ1) is 17.2.